The molecule has 21 heavy (non-hydrogen) atoms. The number of hydrogen-bond donors (Lipinski definition) is 1. The van der Waals surface area contributed by atoms with Gasteiger partial charge in [0.15, 0.2) is 0 Å². The van der Waals surface area contributed by atoms with E-state index in [1.54, 1.807) is 0 Å². The zero-order chi connectivity index (χ0) is 15.5. The van der Waals surface area contributed by atoms with E-state index < -0.39 is 9.84 Å². The third kappa shape index (κ3) is 4.04. The van der Waals surface area contributed by atoms with Crippen molar-refractivity contribution < 1.29 is 13.2 Å². The summed E-state index contributed by atoms with van der Waals surface area (Å²) in [5, 5.41) is 2.71. The first-order valence-electron chi connectivity index (χ1n) is 6.83. The van der Waals surface area contributed by atoms with Crippen LogP contribution in [0.1, 0.15) is 19.8 Å². The second-order valence-corrected chi connectivity index (χ2v) is 7.26. The molecule has 1 aromatic heterocycles. The van der Waals surface area contributed by atoms with Gasteiger partial charge in [-0.3, -0.25) is 10.1 Å². The van der Waals surface area contributed by atoms with Crippen LogP contribution in [-0.4, -0.2) is 35.9 Å². The van der Waals surface area contributed by atoms with Crippen molar-refractivity contribution in [2.75, 3.05) is 17.3 Å². The Morgan fingerprint density at radius 3 is 2.71 bits per heavy atom. The van der Waals surface area contributed by atoms with E-state index in [-0.39, 0.29) is 18.1 Å². The quantitative estimate of drug-likeness (QED) is 0.882. The predicted octanol–water partition coefficient (Wildman–Crippen LogP) is 1.82. The zero-order valence-corrected chi connectivity index (χ0v) is 13.0. The van der Waals surface area contributed by atoms with Gasteiger partial charge >= 0.3 is 0 Å². The highest BCUT2D eigenvalue weighted by atomic mass is 32.2. The van der Waals surface area contributed by atoms with Crippen LogP contribution in [-0.2, 0) is 21.2 Å². The number of nitrogens with zero attached hydrogens (tertiary/aromatic N) is 2. The van der Waals surface area contributed by atoms with Crippen molar-refractivity contribution >= 4 is 32.7 Å². The van der Waals surface area contributed by atoms with Crippen LogP contribution >= 0.6 is 0 Å². The first-order valence-corrected chi connectivity index (χ1v) is 8.89. The minimum atomic E-state index is -3.14. The number of para-hydroxylation sites is 2. The van der Waals surface area contributed by atoms with Gasteiger partial charge in [-0.15, -0.1) is 0 Å². The molecule has 0 aliphatic carbocycles. The van der Waals surface area contributed by atoms with Crippen LogP contribution < -0.4 is 5.32 Å². The van der Waals surface area contributed by atoms with Gasteiger partial charge in [0.1, 0.15) is 9.84 Å². The molecule has 1 amide bonds. The highest BCUT2D eigenvalue weighted by Crippen LogP contribution is 2.20. The number of rotatable bonds is 6. The lowest BCUT2D eigenvalue weighted by molar-refractivity contribution is -0.115. The van der Waals surface area contributed by atoms with Gasteiger partial charge in [-0.1, -0.05) is 19.1 Å². The first kappa shape index (κ1) is 15.5. The number of benzene rings is 1. The molecular weight excluding hydrogens is 290 g/mol. The fourth-order valence-electron chi connectivity index (χ4n) is 2.09. The molecule has 0 fully saturated rings. The second kappa shape index (κ2) is 6.26. The molecule has 1 heterocycles. The van der Waals surface area contributed by atoms with Crippen molar-refractivity contribution in [2.45, 2.75) is 26.3 Å². The number of fused-ring (bicyclic) bond motifs is 1. The number of carbonyl (C=O) groups is 1. The van der Waals surface area contributed by atoms with Crippen molar-refractivity contribution in [1.82, 2.24) is 9.55 Å². The summed E-state index contributed by atoms with van der Waals surface area (Å²) in [6.45, 7) is 2.78. The minimum absolute atomic E-state index is 0.0613. The molecule has 0 aliphatic rings. The summed E-state index contributed by atoms with van der Waals surface area (Å²) in [7, 11) is -3.14. The third-order valence-corrected chi connectivity index (χ3v) is 4.00. The maximum absolute atomic E-state index is 11.9. The van der Waals surface area contributed by atoms with E-state index in [4.69, 9.17) is 0 Å². The Hall–Kier alpha value is -1.89. The molecule has 6 nitrogen and oxygen atoms in total. The monoisotopic (exact) mass is 309 g/mol. The van der Waals surface area contributed by atoms with E-state index in [0.29, 0.717) is 5.95 Å². The van der Waals surface area contributed by atoms with Crippen LogP contribution in [0.4, 0.5) is 5.95 Å². The van der Waals surface area contributed by atoms with Crippen LogP contribution in [0, 0.1) is 0 Å². The minimum Gasteiger partial charge on any atom is -0.310 e. The summed E-state index contributed by atoms with van der Waals surface area (Å²) in [5.74, 6) is -0.0306. The second-order valence-electron chi connectivity index (χ2n) is 5.00. The standard InChI is InChI=1S/C14H19N3O3S/c1-3-9-17-12-7-5-4-6-11(12)15-14(17)16-13(18)8-10-21(2,19)20/h4-7H,3,8-10H2,1-2H3,(H,15,16,18). The van der Waals surface area contributed by atoms with Gasteiger partial charge in [0, 0.05) is 19.2 Å². The Bertz CT molecular complexity index is 750. The van der Waals surface area contributed by atoms with Gasteiger partial charge in [-0.25, -0.2) is 13.4 Å². The van der Waals surface area contributed by atoms with Gasteiger partial charge in [-0.2, -0.15) is 0 Å². The molecule has 2 rings (SSSR count). The van der Waals surface area contributed by atoms with E-state index in [2.05, 4.69) is 10.3 Å². The summed E-state index contributed by atoms with van der Waals surface area (Å²) >= 11 is 0. The first-order chi connectivity index (χ1) is 9.90. The summed E-state index contributed by atoms with van der Waals surface area (Å²) in [6, 6.07) is 7.64. The van der Waals surface area contributed by atoms with E-state index >= 15 is 0 Å². The molecular formula is C14H19N3O3S. The number of aryl methyl sites for hydroxylation is 1. The lowest BCUT2D eigenvalue weighted by Gasteiger charge is -2.08. The van der Waals surface area contributed by atoms with Gasteiger partial charge in [-0.05, 0) is 18.6 Å². The zero-order valence-electron chi connectivity index (χ0n) is 12.2. The van der Waals surface area contributed by atoms with Crippen molar-refractivity contribution in [3.05, 3.63) is 24.3 Å². The molecule has 7 heteroatoms. The fourth-order valence-corrected chi connectivity index (χ4v) is 2.64. The van der Waals surface area contributed by atoms with Crippen molar-refractivity contribution in [3.63, 3.8) is 0 Å². The Balaban J connectivity index is 2.21. The van der Waals surface area contributed by atoms with Gasteiger partial charge in [0.05, 0.1) is 16.8 Å². The number of hydrogen-bond acceptors (Lipinski definition) is 4. The summed E-state index contributed by atoms with van der Waals surface area (Å²) in [5.41, 5.74) is 1.77. The third-order valence-electron chi connectivity index (χ3n) is 3.05. The molecule has 0 radical (unpaired) electrons. The lowest BCUT2D eigenvalue weighted by Crippen LogP contribution is -2.19. The number of sulfone groups is 1. The van der Waals surface area contributed by atoms with Crippen molar-refractivity contribution in [2.24, 2.45) is 0 Å². The van der Waals surface area contributed by atoms with Crippen LogP contribution in [0.15, 0.2) is 24.3 Å². The van der Waals surface area contributed by atoms with Crippen LogP contribution in [0.3, 0.4) is 0 Å². The number of nitrogens with one attached hydrogen (secondary N) is 1. The summed E-state index contributed by atoms with van der Waals surface area (Å²) < 4.78 is 24.1. The smallest absolute Gasteiger partial charge is 0.227 e. The number of aromatic nitrogens is 2. The molecule has 114 valence electrons. The fraction of sp³-hybridized carbons (Fsp3) is 0.429. The van der Waals surface area contributed by atoms with Crippen LogP contribution in [0.25, 0.3) is 11.0 Å². The molecule has 1 aromatic carbocycles. The van der Waals surface area contributed by atoms with Crippen LogP contribution in [0.5, 0.6) is 0 Å². The molecule has 0 saturated heterocycles. The highest BCUT2D eigenvalue weighted by Gasteiger charge is 2.14. The lowest BCUT2D eigenvalue weighted by atomic mass is 10.3. The molecule has 0 spiro atoms. The Morgan fingerprint density at radius 1 is 1.33 bits per heavy atom. The number of carbonyl (C=O) groups excluding carboxylic acids is 1. The van der Waals surface area contributed by atoms with E-state index in [0.717, 1.165) is 30.3 Å². The maximum atomic E-state index is 11.9. The number of anilines is 1. The Labute approximate surface area is 124 Å². The van der Waals surface area contributed by atoms with Crippen molar-refractivity contribution in [3.8, 4) is 0 Å². The normalized spacial score (nSPS) is 11.7. The average Bonchev–Trinajstić information content (AvgIpc) is 2.74. The average molecular weight is 309 g/mol. The Morgan fingerprint density at radius 2 is 2.05 bits per heavy atom. The molecule has 1 N–H and O–H groups in total. The van der Waals surface area contributed by atoms with Crippen molar-refractivity contribution in [1.29, 1.82) is 0 Å². The molecule has 0 bridgehead atoms. The van der Waals surface area contributed by atoms with Gasteiger partial charge < -0.3 is 4.57 Å². The predicted molar refractivity (Wildman–Crippen MR) is 83.0 cm³/mol. The van der Waals surface area contributed by atoms with E-state index in [1.807, 2.05) is 35.8 Å². The Kier molecular flexibility index (Phi) is 4.62. The largest absolute Gasteiger partial charge is 0.310 e. The van der Waals surface area contributed by atoms with E-state index in [9.17, 15) is 13.2 Å². The SMILES string of the molecule is CCCn1c(NC(=O)CCS(C)(=O)=O)nc2ccccc21. The highest BCUT2D eigenvalue weighted by molar-refractivity contribution is 7.90. The number of imidazole rings is 1. The topological polar surface area (TPSA) is 81.1 Å². The summed E-state index contributed by atoms with van der Waals surface area (Å²) in [4.78, 5) is 16.3. The molecule has 0 unspecified atom stereocenters. The molecule has 0 saturated carbocycles. The molecule has 2 aromatic rings. The van der Waals surface area contributed by atoms with Gasteiger partial charge in [0.25, 0.3) is 0 Å². The molecule has 0 aliphatic heterocycles. The van der Waals surface area contributed by atoms with E-state index in [1.165, 1.54) is 0 Å². The maximum Gasteiger partial charge on any atom is 0.227 e. The summed E-state index contributed by atoms with van der Waals surface area (Å²) in [6.07, 6.45) is 1.97. The molecule has 0 atom stereocenters. The number of amides is 1. The van der Waals surface area contributed by atoms with Gasteiger partial charge in [0.2, 0.25) is 11.9 Å². The van der Waals surface area contributed by atoms with Crippen LogP contribution in [0.2, 0.25) is 0 Å².